The molecule has 0 radical (unpaired) electrons. The SMILES string of the molecule is COc1ccc(C)cc1/C(C)=N\Nc1nnc(C)c(=O)[nH]1. The highest BCUT2D eigenvalue weighted by Gasteiger charge is 2.07. The molecule has 2 rings (SSSR count). The standard InChI is InChI=1S/C14H17N5O2/c1-8-5-6-12(21-4)11(7-8)9(2)16-18-14-15-13(20)10(3)17-19-14/h5-7H,1-4H3,(H2,15,18,19,20)/b16-9-. The summed E-state index contributed by atoms with van der Waals surface area (Å²) in [7, 11) is 1.61. The molecule has 1 aromatic heterocycles. The van der Waals surface area contributed by atoms with Gasteiger partial charge in [0.15, 0.2) is 0 Å². The van der Waals surface area contributed by atoms with E-state index in [0.717, 1.165) is 16.9 Å². The van der Waals surface area contributed by atoms with Gasteiger partial charge >= 0.3 is 0 Å². The van der Waals surface area contributed by atoms with Crippen molar-refractivity contribution in [1.82, 2.24) is 15.2 Å². The summed E-state index contributed by atoms with van der Waals surface area (Å²) in [6, 6.07) is 5.83. The topological polar surface area (TPSA) is 92.3 Å². The summed E-state index contributed by atoms with van der Waals surface area (Å²) in [6.07, 6.45) is 0. The Kier molecular flexibility index (Phi) is 4.32. The van der Waals surface area contributed by atoms with Gasteiger partial charge in [-0.15, -0.1) is 10.2 Å². The molecule has 0 atom stereocenters. The van der Waals surface area contributed by atoms with Gasteiger partial charge in [-0.3, -0.25) is 9.78 Å². The number of H-pyrrole nitrogens is 1. The number of ether oxygens (including phenoxy) is 1. The fourth-order valence-corrected chi connectivity index (χ4v) is 1.75. The van der Waals surface area contributed by atoms with E-state index >= 15 is 0 Å². The van der Waals surface area contributed by atoms with E-state index in [-0.39, 0.29) is 11.5 Å². The van der Waals surface area contributed by atoms with E-state index in [4.69, 9.17) is 4.74 Å². The summed E-state index contributed by atoms with van der Waals surface area (Å²) in [5, 5.41) is 11.7. The zero-order chi connectivity index (χ0) is 15.4. The van der Waals surface area contributed by atoms with Crippen molar-refractivity contribution in [1.29, 1.82) is 0 Å². The minimum atomic E-state index is -0.298. The predicted molar refractivity (Wildman–Crippen MR) is 81.0 cm³/mol. The number of methoxy groups -OCH3 is 1. The molecule has 0 aliphatic rings. The van der Waals surface area contributed by atoms with Crippen LogP contribution >= 0.6 is 0 Å². The first-order chi connectivity index (χ1) is 10.0. The van der Waals surface area contributed by atoms with Crippen molar-refractivity contribution in [2.75, 3.05) is 12.5 Å². The first kappa shape index (κ1) is 14.7. The van der Waals surface area contributed by atoms with E-state index in [1.807, 2.05) is 32.0 Å². The smallest absolute Gasteiger partial charge is 0.274 e. The highest BCUT2D eigenvalue weighted by atomic mass is 16.5. The lowest BCUT2D eigenvalue weighted by Crippen LogP contribution is -2.16. The number of hydrogen-bond acceptors (Lipinski definition) is 6. The molecule has 1 heterocycles. The summed E-state index contributed by atoms with van der Waals surface area (Å²) in [5.74, 6) is 0.920. The van der Waals surface area contributed by atoms with E-state index in [1.54, 1.807) is 14.0 Å². The maximum Gasteiger partial charge on any atom is 0.274 e. The Morgan fingerprint density at radius 1 is 1.33 bits per heavy atom. The molecule has 1 aromatic carbocycles. The van der Waals surface area contributed by atoms with Crippen LogP contribution in [0.5, 0.6) is 5.75 Å². The third-order valence-electron chi connectivity index (χ3n) is 2.93. The molecule has 2 aromatic rings. The van der Waals surface area contributed by atoms with Crippen molar-refractivity contribution in [2.45, 2.75) is 20.8 Å². The Hall–Kier alpha value is -2.70. The Morgan fingerprint density at radius 2 is 2.10 bits per heavy atom. The van der Waals surface area contributed by atoms with E-state index in [1.165, 1.54) is 0 Å². The molecule has 7 nitrogen and oxygen atoms in total. The number of aromatic amines is 1. The Bertz CT molecular complexity index is 736. The molecule has 0 aliphatic carbocycles. The first-order valence-corrected chi connectivity index (χ1v) is 6.40. The third kappa shape index (κ3) is 3.44. The minimum absolute atomic E-state index is 0.191. The molecular formula is C14H17N5O2. The fraction of sp³-hybridized carbons (Fsp3) is 0.286. The van der Waals surface area contributed by atoms with Crippen molar-refractivity contribution >= 4 is 11.7 Å². The largest absolute Gasteiger partial charge is 0.496 e. The van der Waals surface area contributed by atoms with Gasteiger partial charge < -0.3 is 4.74 Å². The van der Waals surface area contributed by atoms with Crippen LogP contribution in [0.15, 0.2) is 28.1 Å². The van der Waals surface area contributed by atoms with E-state index in [0.29, 0.717) is 11.4 Å². The molecule has 0 bridgehead atoms. The minimum Gasteiger partial charge on any atom is -0.496 e. The van der Waals surface area contributed by atoms with Gasteiger partial charge in [0.05, 0.1) is 12.8 Å². The van der Waals surface area contributed by atoms with Gasteiger partial charge in [0.25, 0.3) is 5.56 Å². The average molecular weight is 287 g/mol. The second-order valence-corrected chi connectivity index (χ2v) is 4.60. The molecule has 0 unspecified atom stereocenters. The van der Waals surface area contributed by atoms with E-state index in [9.17, 15) is 4.79 Å². The van der Waals surface area contributed by atoms with Crippen LogP contribution in [0.1, 0.15) is 23.7 Å². The molecule has 0 aliphatic heterocycles. The highest BCUT2D eigenvalue weighted by molar-refractivity contribution is 6.01. The monoisotopic (exact) mass is 287 g/mol. The second kappa shape index (κ2) is 6.17. The maximum absolute atomic E-state index is 11.4. The van der Waals surface area contributed by atoms with Crippen LogP contribution < -0.4 is 15.7 Å². The molecule has 2 N–H and O–H groups in total. The molecular weight excluding hydrogens is 270 g/mol. The van der Waals surface area contributed by atoms with Crippen molar-refractivity contribution in [3.05, 3.63) is 45.4 Å². The number of hydrazone groups is 1. The predicted octanol–water partition coefficient (Wildman–Crippen LogP) is 1.63. The highest BCUT2D eigenvalue weighted by Crippen LogP contribution is 2.20. The van der Waals surface area contributed by atoms with Gasteiger partial charge in [-0.2, -0.15) is 5.10 Å². The number of nitrogens with zero attached hydrogens (tertiary/aromatic N) is 3. The van der Waals surface area contributed by atoms with Crippen LogP contribution in [0, 0.1) is 13.8 Å². The molecule has 7 heteroatoms. The number of aromatic nitrogens is 3. The van der Waals surface area contributed by atoms with Crippen LogP contribution in [-0.2, 0) is 0 Å². The van der Waals surface area contributed by atoms with Crippen LogP contribution in [-0.4, -0.2) is 28.0 Å². The van der Waals surface area contributed by atoms with E-state index < -0.39 is 0 Å². The number of nitrogens with one attached hydrogen (secondary N) is 2. The summed E-state index contributed by atoms with van der Waals surface area (Å²) in [5.41, 5.74) is 5.37. The molecule has 0 fully saturated rings. The summed E-state index contributed by atoms with van der Waals surface area (Å²) in [4.78, 5) is 14.0. The fourth-order valence-electron chi connectivity index (χ4n) is 1.75. The number of hydrogen-bond donors (Lipinski definition) is 2. The second-order valence-electron chi connectivity index (χ2n) is 4.60. The van der Waals surface area contributed by atoms with Crippen molar-refractivity contribution in [3.8, 4) is 5.75 Å². The molecule has 21 heavy (non-hydrogen) atoms. The van der Waals surface area contributed by atoms with E-state index in [2.05, 4.69) is 25.7 Å². The van der Waals surface area contributed by atoms with Crippen molar-refractivity contribution in [2.24, 2.45) is 5.10 Å². The zero-order valence-electron chi connectivity index (χ0n) is 12.4. The van der Waals surface area contributed by atoms with Gasteiger partial charge in [0, 0.05) is 5.56 Å². The third-order valence-corrected chi connectivity index (χ3v) is 2.93. The van der Waals surface area contributed by atoms with Crippen molar-refractivity contribution < 1.29 is 4.74 Å². The molecule has 0 saturated carbocycles. The van der Waals surface area contributed by atoms with Crippen LogP contribution in [0.2, 0.25) is 0 Å². The van der Waals surface area contributed by atoms with Gasteiger partial charge in [0.2, 0.25) is 5.95 Å². The van der Waals surface area contributed by atoms with Crippen LogP contribution in [0.4, 0.5) is 5.95 Å². The average Bonchev–Trinajstić information content (AvgIpc) is 2.48. The molecule has 0 spiro atoms. The molecule has 0 saturated heterocycles. The summed E-state index contributed by atoms with van der Waals surface area (Å²) >= 11 is 0. The van der Waals surface area contributed by atoms with Gasteiger partial charge in [0.1, 0.15) is 11.4 Å². The number of aryl methyl sites for hydroxylation is 2. The van der Waals surface area contributed by atoms with Crippen LogP contribution in [0.3, 0.4) is 0 Å². The lowest BCUT2D eigenvalue weighted by atomic mass is 10.1. The number of rotatable bonds is 4. The lowest BCUT2D eigenvalue weighted by Gasteiger charge is -2.09. The normalized spacial score (nSPS) is 11.3. The van der Waals surface area contributed by atoms with Crippen molar-refractivity contribution in [3.63, 3.8) is 0 Å². The van der Waals surface area contributed by atoms with Crippen LogP contribution in [0.25, 0.3) is 0 Å². The molecule has 0 amide bonds. The lowest BCUT2D eigenvalue weighted by molar-refractivity contribution is 0.414. The maximum atomic E-state index is 11.4. The Morgan fingerprint density at radius 3 is 2.76 bits per heavy atom. The molecule has 110 valence electrons. The first-order valence-electron chi connectivity index (χ1n) is 6.40. The van der Waals surface area contributed by atoms with Gasteiger partial charge in [-0.25, -0.2) is 5.43 Å². The summed E-state index contributed by atoms with van der Waals surface area (Å²) in [6.45, 7) is 5.42. The zero-order valence-corrected chi connectivity index (χ0v) is 12.4. The van der Waals surface area contributed by atoms with Gasteiger partial charge in [-0.1, -0.05) is 11.6 Å². The summed E-state index contributed by atoms with van der Waals surface area (Å²) < 4.78 is 5.31. The number of anilines is 1. The quantitative estimate of drug-likeness (QED) is 0.658. The Balaban J connectivity index is 2.27. The van der Waals surface area contributed by atoms with Gasteiger partial charge in [-0.05, 0) is 32.9 Å². The Labute approximate surface area is 122 Å². The number of benzene rings is 1.